The first kappa shape index (κ1) is 19.8. The lowest BCUT2D eigenvalue weighted by molar-refractivity contribution is -0.123. The van der Waals surface area contributed by atoms with Gasteiger partial charge in [-0.2, -0.15) is 5.10 Å². The molecule has 0 bridgehead atoms. The molecule has 0 unspecified atom stereocenters. The number of hydrazone groups is 1. The third kappa shape index (κ3) is 6.06. The maximum atomic E-state index is 11.9. The molecule has 2 aromatic carbocycles. The molecule has 2 N–H and O–H groups in total. The summed E-state index contributed by atoms with van der Waals surface area (Å²) in [5.74, 6) is -0.293. The number of benzene rings is 2. The maximum Gasteiger partial charge on any atom is 0.277 e. The predicted octanol–water partition coefficient (Wildman–Crippen LogP) is 3.87. The largest absolute Gasteiger partial charge is 0.482 e. The van der Waals surface area contributed by atoms with Crippen LogP contribution in [0, 0.1) is 0 Å². The Balaban J connectivity index is 1.94. The molecular formula is C18H17Cl2N3O3. The van der Waals surface area contributed by atoms with Crippen LogP contribution in [0.5, 0.6) is 5.75 Å². The zero-order valence-corrected chi connectivity index (χ0v) is 15.7. The highest BCUT2D eigenvalue weighted by Gasteiger charge is 2.07. The van der Waals surface area contributed by atoms with Gasteiger partial charge in [0, 0.05) is 23.7 Å². The molecule has 2 aromatic rings. The van der Waals surface area contributed by atoms with E-state index in [1.807, 2.05) is 6.07 Å². The second-order valence-corrected chi connectivity index (χ2v) is 6.20. The van der Waals surface area contributed by atoms with Crippen molar-refractivity contribution in [1.29, 1.82) is 0 Å². The Morgan fingerprint density at radius 2 is 1.88 bits per heavy atom. The lowest BCUT2D eigenvalue weighted by Crippen LogP contribution is -2.25. The number of amides is 2. The summed E-state index contributed by atoms with van der Waals surface area (Å²) < 4.78 is 5.34. The fraction of sp³-hybridized carbons (Fsp3) is 0.167. The fourth-order valence-electron chi connectivity index (χ4n) is 2.00. The molecule has 0 heterocycles. The van der Waals surface area contributed by atoms with Gasteiger partial charge in [-0.25, -0.2) is 5.43 Å². The number of hydrogen-bond acceptors (Lipinski definition) is 4. The summed E-state index contributed by atoms with van der Waals surface area (Å²) in [6.07, 6.45) is 0. The molecule has 0 aromatic heterocycles. The number of carbonyl (C=O) groups is 2. The first-order valence-electron chi connectivity index (χ1n) is 7.64. The molecule has 0 saturated heterocycles. The van der Waals surface area contributed by atoms with Crippen LogP contribution in [-0.2, 0) is 9.59 Å². The molecule has 0 fully saturated rings. The maximum absolute atomic E-state index is 11.9. The number of anilines is 1. The summed E-state index contributed by atoms with van der Waals surface area (Å²) in [5, 5.41) is 7.54. The topological polar surface area (TPSA) is 79.8 Å². The van der Waals surface area contributed by atoms with Crippen LogP contribution in [0.15, 0.2) is 47.6 Å². The molecule has 0 atom stereocenters. The monoisotopic (exact) mass is 393 g/mol. The summed E-state index contributed by atoms with van der Waals surface area (Å²) in [4.78, 5) is 23.0. The van der Waals surface area contributed by atoms with Crippen molar-refractivity contribution < 1.29 is 14.3 Å². The van der Waals surface area contributed by atoms with Crippen LogP contribution >= 0.6 is 23.2 Å². The van der Waals surface area contributed by atoms with Crippen LogP contribution in [0.3, 0.4) is 0 Å². The molecule has 0 aliphatic rings. The van der Waals surface area contributed by atoms with Gasteiger partial charge in [-0.1, -0.05) is 35.3 Å². The SMILES string of the molecule is CC(=O)Nc1cccc(C(C)=NNC(=O)COc2cc(Cl)ccc2Cl)c1. The van der Waals surface area contributed by atoms with Crippen molar-refractivity contribution in [3.63, 3.8) is 0 Å². The van der Waals surface area contributed by atoms with Gasteiger partial charge in [0.2, 0.25) is 5.91 Å². The summed E-state index contributed by atoms with van der Waals surface area (Å²) in [5.41, 5.74) is 4.39. The molecule has 136 valence electrons. The van der Waals surface area contributed by atoms with Crippen LogP contribution in [0.25, 0.3) is 0 Å². The number of carbonyl (C=O) groups excluding carboxylic acids is 2. The van der Waals surface area contributed by atoms with E-state index in [-0.39, 0.29) is 12.5 Å². The number of ether oxygens (including phenoxy) is 1. The Morgan fingerprint density at radius 3 is 2.62 bits per heavy atom. The van der Waals surface area contributed by atoms with Crippen LogP contribution < -0.4 is 15.5 Å². The third-order valence-corrected chi connectivity index (χ3v) is 3.75. The lowest BCUT2D eigenvalue weighted by Gasteiger charge is -2.08. The number of rotatable bonds is 6. The summed E-state index contributed by atoms with van der Waals surface area (Å²) in [7, 11) is 0. The Morgan fingerprint density at radius 1 is 1.12 bits per heavy atom. The molecule has 26 heavy (non-hydrogen) atoms. The van der Waals surface area contributed by atoms with Gasteiger partial charge in [0.25, 0.3) is 5.91 Å². The van der Waals surface area contributed by atoms with E-state index in [0.717, 1.165) is 5.56 Å². The molecule has 8 heteroatoms. The molecule has 0 aliphatic heterocycles. The van der Waals surface area contributed by atoms with Gasteiger partial charge < -0.3 is 10.1 Å². The minimum Gasteiger partial charge on any atom is -0.482 e. The Kier molecular flexibility index (Phi) is 7.00. The number of halogens is 2. The quantitative estimate of drug-likeness (QED) is 0.577. The standard InChI is InChI=1S/C18H17Cl2N3O3/c1-11(13-4-3-5-15(8-13)21-12(2)24)22-23-18(25)10-26-17-9-14(19)6-7-16(17)20/h3-9H,10H2,1-2H3,(H,21,24)(H,23,25). The molecular weight excluding hydrogens is 377 g/mol. The molecule has 0 saturated carbocycles. The van der Waals surface area contributed by atoms with Crippen LogP contribution in [0.1, 0.15) is 19.4 Å². The van der Waals surface area contributed by atoms with Crippen molar-refractivity contribution in [1.82, 2.24) is 5.43 Å². The third-order valence-electron chi connectivity index (χ3n) is 3.20. The number of nitrogens with zero attached hydrogens (tertiary/aromatic N) is 1. The number of hydrogen-bond donors (Lipinski definition) is 2. The second kappa shape index (κ2) is 9.22. The van der Waals surface area contributed by atoms with E-state index in [4.69, 9.17) is 27.9 Å². The summed E-state index contributed by atoms with van der Waals surface area (Å²) >= 11 is 11.8. The highest BCUT2D eigenvalue weighted by Crippen LogP contribution is 2.27. The van der Waals surface area contributed by atoms with Crippen molar-refractivity contribution in [2.24, 2.45) is 5.10 Å². The smallest absolute Gasteiger partial charge is 0.277 e. The van der Waals surface area contributed by atoms with Crippen molar-refractivity contribution >= 4 is 46.4 Å². The number of nitrogens with one attached hydrogen (secondary N) is 2. The van der Waals surface area contributed by atoms with Gasteiger partial charge in [-0.05, 0) is 36.8 Å². The van der Waals surface area contributed by atoms with Gasteiger partial charge in [-0.3, -0.25) is 9.59 Å². The van der Waals surface area contributed by atoms with Gasteiger partial charge in [-0.15, -0.1) is 0 Å². The zero-order valence-electron chi connectivity index (χ0n) is 14.2. The zero-order chi connectivity index (χ0) is 19.1. The average molecular weight is 394 g/mol. The predicted molar refractivity (Wildman–Crippen MR) is 103 cm³/mol. The Hall–Kier alpha value is -2.57. The summed E-state index contributed by atoms with van der Waals surface area (Å²) in [6, 6.07) is 11.9. The molecule has 0 radical (unpaired) electrons. The van der Waals surface area contributed by atoms with Gasteiger partial charge in [0.1, 0.15) is 5.75 Å². The normalized spacial score (nSPS) is 11.0. The average Bonchev–Trinajstić information content (AvgIpc) is 2.60. The van der Waals surface area contributed by atoms with Gasteiger partial charge in [0.15, 0.2) is 6.61 Å². The molecule has 2 amide bonds. The van der Waals surface area contributed by atoms with E-state index in [1.54, 1.807) is 37.3 Å². The van der Waals surface area contributed by atoms with E-state index in [0.29, 0.717) is 27.2 Å². The Labute approximate surface area is 161 Å². The van der Waals surface area contributed by atoms with Crippen LogP contribution in [0.4, 0.5) is 5.69 Å². The minimum atomic E-state index is -0.446. The van der Waals surface area contributed by atoms with Gasteiger partial charge >= 0.3 is 0 Å². The second-order valence-electron chi connectivity index (χ2n) is 5.36. The molecule has 6 nitrogen and oxygen atoms in total. The molecule has 0 aliphatic carbocycles. The minimum absolute atomic E-state index is 0.165. The molecule has 2 rings (SSSR count). The van der Waals surface area contributed by atoms with E-state index >= 15 is 0 Å². The first-order valence-corrected chi connectivity index (χ1v) is 8.40. The van der Waals surface area contributed by atoms with Crippen molar-refractivity contribution in [2.45, 2.75) is 13.8 Å². The fourth-order valence-corrected chi connectivity index (χ4v) is 2.33. The van der Waals surface area contributed by atoms with Crippen molar-refractivity contribution in [3.05, 3.63) is 58.1 Å². The highest BCUT2D eigenvalue weighted by atomic mass is 35.5. The first-order chi connectivity index (χ1) is 12.3. The van der Waals surface area contributed by atoms with Crippen LogP contribution in [-0.4, -0.2) is 24.1 Å². The van der Waals surface area contributed by atoms with Crippen LogP contribution in [0.2, 0.25) is 10.0 Å². The van der Waals surface area contributed by atoms with E-state index in [1.165, 1.54) is 13.0 Å². The molecule has 0 spiro atoms. The van der Waals surface area contributed by atoms with Crippen molar-refractivity contribution in [2.75, 3.05) is 11.9 Å². The van der Waals surface area contributed by atoms with E-state index in [2.05, 4.69) is 15.8 Å². The van der Waals surface area contributed by atoms with Crippen molar-refractivity contribution in [3.8, 4) is 5.75 Å². The lowest BCUT2D eigenvalue weighted by atomic mass is 10.1. The van der Waals surface area contributed by atoms with E-state index in [9.17, 15) is 9.59 Å². The van der Waals surface area contributed by atoms with Gasteiger partial charge in [0.05, 0.1) is 10.7 Å². The highest BCUT2D eigenvalue weighted by molar-refractivity contribution is 6.34. The van der Waals surface area contributed by atoms with E-state index < -0.39 is 5.91 Å². The Bertz CT molecular complexity index is 853. The summed E-state index contributed by atoms with van der Waals surface area (Å²) in [6.45, 7) is 2.91.